The molecule has 0 spiro atoms. The molecule has 0 bridgehead atoms. The molecule has 3 N–H and O–H groups in total. The Labute approximate surface area is 185 Å². The predicted octanol–water partition coefficient (Wildman–Crippen LogP) is 5.04. The molecule has 0 saturated heterocycles. The van der Waals surface area contributed by atoms with Crippen LogP contribution in [-0.4, -0.2) is 27.7 Å². The Morgan fingerprint density at radius 1 is 1.14 bits per heavy atom. The molecule has 1 atom stereocenters. The summed E-state index contributed by atoms with van der Waals surface area (Å²) in [6.45, 7) is 0.644. The third-order valence-electron chi connectivity index (χ3n) is 4.63. The molecular formula is C21H20Cl2N4OS. The molecule has 0 aliphatic carbocycles. The first-order valence-corrected chi connectivity index (χ1v) is 10.3. The van der Waals surface area contributed by atoms with Crippen molar-refractivity contribution in [2.45, 2.75) is 25.4 Å². The number of hydrogen-bond acceptors (Lipinski definition) is 5. The molecule has 0 fully saturated rings. The lowest BCUT2D eigenvalue weighted by Gasteiger charge is -2.11. The van der Waals surface area contributed by atoms with Crippen molar-refractivity contribution in [1.29, 1.82) is 5.26 Å². The summed E-state index contributed by atoms with van der Waals surface area (Å²) in [6, 6.07) is 13.1. The average Bonchev–Trinajstić information content (AvgIpc) is 3.22. The second-order valence-corrected chi connectivity index (χ2v) is 7.78. The maximum atomic E-state index is 10.0. The van der Waals surface area contributed by atoms with Crippen LogP contribution in [0.5, 0.6) is 0 Å². The number of benzene rings is 2. The highest BCUT2D eigenvalue weighted by molar-refractivity contribution is 7.78. The molecule has 0 amide bonds. The van der Waals surface area contributed by atoms with E-state index in [9.17, 15) is 5.11 Å². The van der Waals surface area contributed by atoms with Gasteiger partial charge in [0.2, 0.25) is 0 Å². The van der Waals surface area contributed by atoms with E-state index >= 15 is 0 Å². The number of nitriles is 1. The van der Waals surface area contributed by atoms with Crippen LogP contribution >= 0.6 is 36.0 Å². The molecule has 1 aromatic heterocycles. The molecule has 0 aliphatic rings. The van der Waals surface area contributed by atoms with Crippen molar-refractivity contribution < 1.29 is 5.11 Å². The Morgan fingerprint density at radius 3 is 2.66 bits per heavy atom. The van der Waals surface area contributed by atoms with E-state index in [1.54, 1.807) is 18.3 Å². The summed E-state index contributed by atoms with van der Waals surface area (Å²) < 4.78 is 2.74. The number of nitrogens with zero attached hydrogens (tertiary/aromatic N) is 2. The highest BCUT2D eigenvalue weighted by Crippen LogP contribution is 2.28. The molecule has 0 radical (unpaired) electrons. The van der Waals surface area contributed by atoms with Gasteiger partial charge < -0.3 is 10.1 Å². The molecule has 1 unspecified atom stereocenters. The van der Waals surface area contributed by atoms with Crippen molar-refractivity contribution in [3.05, 3.63) is 63.8 Å². The molecule has 8 heteroatoms. The van der Waals surface area contributed by atoms with E-state index in [1.807, 2.05) is 24.3 Å². The minimum atomic E-state index is -0.413. The average molecular weight is 447 g/mol. The van der Waals surface area contributed by atoms with E-state index in [0.717, 1.165) is 22.4 Å². The van der Waals surface area contributed by atoms with E-state index < -0.39 is 6.10 Å². The van der Waals surface area contributed by atoms with Gasteiger partial charge in [-0.25, -0.2) is 4.98 Å². The fourth-order valence-electron chi connectivity index (χ4n) is 3.00. The van der Waals surface area contributed by atoms with E-state index in [2.05, 4.69) is 33.6 Å². The highest BCUT2D eigenvalue weighted by Gasteiger charge is 2.11. The molecule has 5 nitrogen and oxygen atoms in total. The Hall–Kier alpha value is -2.01. The van der Waals surface area contributed by atoms with Crippen LogP contribution in [0.25, 0.3) is 22.6 Å². The fraction of sp³-hybridized carbons (Fsp3) is 0.238. The molecule has 3 aromatic rings. The first kappa shape index (κ1) is 21.7. The largest absolute Gasteiger partial charge is 0.393 e. The number of halogens is 2. The first-order valence-electron chi connectivity index (χ1n) is 9.10. The van der Waals surface area contributed by atoms with E-state index in [1.165, 1.54) is 0 Å². The number of thiol groups is 1. The monoisotopic (exact) mass is 446 g/mol. The minimum Gasteiger partial charge on any atom is -0.393 e. The van der Waals surface area contributed by atoms with Gasteiger partial charge in [-0.3, -0.25) is 4.72 Å². The van der Waals surface area contributed by atoms with Gasteiger partial charge in [-0.1, -0.05) is 42.1 Å². The van der Waals surface area contributed by atoms with Crippen molar-refractivity contribution in [2.24, 2.45) is 0 Å². The first-order chi connectivity index (χ1) is 14.0. The number of aromatic amines is 1. The number of aliphatic hydroxyl groups excluding tert-OH is 1. The van der Waals surface area contributed by atoms with Crippen LogP contribution in [0.15, 0.2) is 42.6 Å². The summed E-state index contributed by atoms with van der Waals surface area (Å²) in [7, 11) is 0. The van der Waals surface area contributed by atoms with Crippen LogP contribution in [0.1, 0.15) is 24.0 Å². The zero-order chi connectivity index (χ0) is 20.8. The molecule has 3 rings (SSSR count). The van der Waals surface area contributed by atoms with Crippen LogP contribution in [0.4, 0.5) is 0 Å². The summed E-state index contributed by atoms with van der Waals surface area (Å²) in [5.74, 6) is 0.700. The molecule has 29 heavy (non-hydrogen) atoms. The molecule has 150 valence electrons. The van der Waals surface area contributed by atoms with Crippen molar-refractivity contribution in [3.63, 3.8) is 0 Å². The number of hydrogen-bond donors (Lipinski definition) is 4. The number of rotatable bonds is 8. The summed E-state index contributed by atoms with van der Waals surface area (Å²) in [5.41, 5.74) is 3.90. The Bertz CT molecular complexity index is 1030. The predicted molar refractivity (Wildman–Crippen MR) is 120 cm³/mol. The lowest BCUT2D eigenvalue weighted by Crippen LogP contribution is -2.14. The molecule has 2 aromatic carbocycles. The lowest BCUT2D eigenvalue weighted by molar-refractivity contribution is 0.156. The smallest absolute Gasteiger partial charge is 0.137 e. The van der Waals surface area contributed by atoms with Gasteiger partial charge in [-0.2, -0.15) is 5.26 Å². The molecule has 0 aliphatic heterocycles. The Morgan fingerprint density at radius 2 is 1.90 bits per heavy atom. The quantitative estimate of drug-likeness (QED) is 0.365. The summed E-state index contributed by atoms with van der Waals surface area (Å²) in [4.78, 5) is 7.75. The standard InChI is InChI=1S/C21H20Cl2N4OS/c22-18-6-3-15(9-13(18)1-4-17(28)7-8-26-29)21-25-12-20(27-21)14-2-5-19(23)16(10-14)11-24/h2-3,5-6,9-10,12,17,26,28-29H,1,4,7-8H2,(H,25,27). The maximum absolute atomic E-state index is 10.0. The summed E-state index contributed by atoms with van der Waals surface area (Å²) in [6.07, 6.45) is 3.22. The Balaban J connectivity index is 1.79. The van der Waals surface area contributed by atoms with Gasteiger partial charge in [0.15, 0.2) is 0 Å². The van der Waals surface area contributed by atoms with Crippen LogP contribution in [0, 0.1) is 11.3 Å². The SMILES string of the molecule is N#Cc1cc(-c2cnc(-c3ccc(Cl)c(CCC(O)CCNS)c3)[nH]2)ccc1Cl. The van der Waals surface area contributed by atoms with Crippen molar-refractivity contribution in [1.82, 2.24) is 14.7 Å². The van der Waals surface area contributed by atoms with Gasteiger partial charge in [0.1, 0.15) is 11.9 Å². The zero-order valence-corrected chi connectivity index (χ0v) is 17.9. The second kappa shape index (κ2) is 10.1. The number of imidazole rings is 1. The number of nitrogens with one attached hydrogen (secondary N) is 2. The van der Waals surface area contributed by atoms with E-state index in [4.69, 9.17) is 28.5 Å². The fourth-order valence-corrected chi connectivity index (χ4v) is 3.51. The molecule has 1 heterocycles. The highest BCUT2D eigenvalue weighted by atomic mass is 35.5. The van der Waals surface area contributed by atoms with Gasteiger partial charge in [0.05, 0.1) is 28.6 Å². The van der Waals surface area contributed by atoms with Gasteiger partial charge in [0.25, 0.3) is 0 Å². The summed E-state index contributed by atoms with van der Waals surface area (Å²) >= 11 is 16.3. The van der Waals surface area contributed by atoms with Crippen molar-refractivity contribution in [2.75, 3.05) is 6.54 Å². The van der Waals surface area contributed by atoms with Gasteiger partial charge in [-0.05, 0) is 55.2 Å². The normalized spacial score (nSPS) is 12.0. The molecule has 0 saturated carbocycles. The second-order valence-electron chi connectivity index (χ2n) is 6.65. The van der Waals surface area contributed by atoms with E-state index in [-0.39, 0.29) is 0 Å². The number of H-pyrrole nitrogens is 1. The van der Waals surface area contributed by atoms with E-state index in [0.29, 0.717) is 47.2 Å². The third kappa shape index (κ3) is 5.53. The number of aryl methyl sites for hydroxylation is 1. The van der Waals surface area contributed by atoms with Gasteiger partial charge in [0, 0.05) is 22.7 Å². The maximum Gasteiger partial charge on any atom is 0.137 e. The van der Waals surface area contributed by atoms with Crippen LogP contribution < -0.4 is 4.72 Å². The van der Waals surface area contributed by atoms with Crippen LogP contribution in [-0.2, 0) is 6.42 Å². The lowest BCUT2D eigenvalue weighted by atomic mass is 10.0. The third-order valence-corrected chi connectivity index (χ3v) is 5.55. The summed E-state index contributed by atoms with van der Waals surface area (Å²) in [5, 5.41) is 20.3. The van der Waals surface area contributed by atoms with Crippen LogP contribution in [0.3, 0.4) is 0 Å². The van der Waals surface area contributed by atoms with Crippen molar-refractivity contribution in [3.8, 4) is 28.7 Å². The van der Waals surface area contributed by atoms with Gasteiger partial charge in [-0.15, -0.1) is 0 Å². The van der Waals surface area contributed by atoms with Crippen molar-refractivity contribution >= 4 is 36.0 Å². The van der Waals surface area contributed by atoms with Crippen LogP contribution in [0.2, 0.25) is 10.0 Å². The van der Waals surface area contributed by atoms with Gasteiger partial charge >= 0.3 is 0 Å². The number of aromatic nitrogens is 2. The number of aliphatic hydroxyl groups is 1. The molecular weight excluding hydrogens is 427 g/mol. The zero-order valence-electron chi connectivity index (χ0n) is 15.5. The Kier molecular flexibility index (Phi) is 7.59. The minimum absolute atomic E-state index is 0.413. The topological polar surface area (TPSA) is 84.7 Å².